The van der Waals surface area contributed by atoms with Crippen LogP contribution in [0.4, 0.5) is 0 Å². The largest absolute Gasteiger partial charge is 0.456 e. The first-order valence-electron chi connectivity index (χ1n) is 19.8. The molecule has 10 aromatic rings. The van der Waals surface area contributed by atoms with Crippen molar-refractivity contribution >= 4 is 21.9 Å². The molecular weight excluding hydrogens is 707 g/mol. The van der Waals surface area contributed by atoms with Gasteiger partial charge in [-0.1, -0.05) is 166 Å². The maximum Gasteiger partial charge on any atom is 0.164 e. The van der Waals surface area contributed by atoms with Crippen molar-refractivity contribution in [3.63, 3.8) is 0 Å². The lowest BCUT2D eigenvalue weighted by Gasteiger charge is -2.22. The van der Waals surface area contributed by atoms with Crippen LogP contribution in [-0.2, 0) is 5.41 Å². The first kappa shape index (κ1) is 33.9. The van der Waals surface area contributed by atoms with Crippen molar-refractivity contribution in [1.29, 1.82) is 0 Å². The van der Waals surface area contributed by atoms with Gasteiger partial charge in [-0.15, -0.1) is 0 Å². The predicted molar refractivity (Wildman–Crippen MR) is 237 cm³/mol. The molecule has 1 aliphatic rings. The van der Waals surface area contributed by atoms with Crippen molar-refractivity contribution in [2.24, 2.45) is 0 Å². The van der Waals surface area contributed by atoms with Crippen molar-refractivity contribution in [2.75, 3.05) is 0 Å². The maximum atomic E-state index is 6.49. The monoisotopic (exact) mass is 743 g/mol. The van der Waals surface area contributed by atoms with Gasteiger partial charge in [0.05, 0.1) is 0 Å². The highest BCUT2D eigenvalue weighted by Gasteiger charge is 2.35. The fraction of sp³-hybridized carbons (Fsp3) is 0.0556. The summed E-state index contributed by atoms with van der Waals surface area (Å²) in [6, 6.07) is 66.1. The number of rotatable bonds is 6. The van der Waals surface area contributed by atoms with Crippen LogP contribution in [0, 0.1) is 0 Å². The Bertz CT molecular complexity index is 3200. The van der Waals surface area contributed by atoms with Crippen molar-refractivity contribution in [1.82, 2.24) is 15.0 Å². The summed E-state index contributed by atoms with van der Waals surface area (Å²) in [7, 11) is 0. The van der Waals surface area contributed by atoms with E-state index < -0.39 is 0 Å². The standard InChI is InChI=1S/C54H37N3O/c1-54(2)46-24-10-9-22-42(46)43-28-26-40(33-47(43)54)38-20-12-21-41(31-38)52-55-51(35-16-7-4-8-17-35)56-53(57-52)44-23-13-25-49-50(44)45-32-39(27-29-48(45)58-49)37-19-11-18-36(30-37)34-14-5-3-6-15-34/h3-33H,1-2H3. The maximum absolute atomic E-state index is 6.49. The molecule has 0 saturated carbocycles. The first-order chi connectivity index (χ1) is 28.5. The van der Waals surface area contributed by atoms with Crippen molar-refractivity contribution in [3.05, 3.63) is 199 Å². The third-order valence-corrected chi connectivity index (χ3v) is 11.7. The van der Waals surface area contributed by atoms with Crippen molar-refractivity contribution in [2.45, 2.75) is 19.3 Å². The Hall–Kier alpha value is -7.43. The van der Waals surface area contributed by atoms with Gasteiger partial charge in [0.1, 0.15) is 11.2 Å². The Morgan fingerprint density at radius 3 is 1.64 bits per heavy atom. The van der Waals surface area contributed by atoms with Gasteiger partial charge in [0.25, 0.3) is 0 Å². The lowest BCUT2D eigenvalue weighted by atomic mass is 9.81. The molecule has 274 valence electrons. The van der Waals surface area contributed by atoms with Gasteiger partial charge in [0.2, 0.25) is 0 Å². The predicted octanol–water partition coefficient (Wildman–Crippen LogP) is 14.1. The molecular formula is C54H37N3O. The number of fused-ring (bicyclic) bond motifs is 6. The van der Waals surface area contributed by atoms with Crippen LogP contribution < -0.4 is 0 Å². The zero-order valence-corrected chi connectivity index (χ0v) is 32.1. The second-order valence-electron chi connectivity index (χ2n) is 15.6. The molecule has 0 atom stereocenters. The summed E-state index contributed by atoms with van der Waals surface area (Å²) in [5.41, 5.74) is 16.5. The minimum Gasteiger partial charge on any atom is -0.456 e. The molecule has 0 amide bonds. The highest BCUT2D eigenvalue weighted by atomic mass is 16.3. The molecule has 0 spiro atoms. The zero-order chi connectivity index (χ0) is 38.8. The number of hydrogen-bond acceptors (Lipinski definition) is 4. The lowest BCUT2D eigenvalue weighted by molar-refractivity contribution is 0.660. The molecule has 2 aromatic heterocycles. The molecule has 2 heterocycles. The quantitative estimate of drug-likeness (QED) is 0.170. The summed E-state index contributed by atoms with van der Waals surface area (Å²) in [6.45, 7) is 4.65. The summed E-state index contributed by atoms with van der Waals surface area (Å²) >= 11 is 0. The van der Waals surface area contributed by atoms with Crippen LogP contribution in [0.5, 0.6) is 0 Å². The van der Waals surface area contributed by atoms with Gasteiger partial charge in [0.15, 0.2) is 17.5 Å². The molecule has 0 fully saturated rings. The van der Waals surface area contributed by atoms with E-state index in [4.69, 9.17) is 19.4 Å². The van der Waals surface area contributed by atoms with Crippen LogP contribution in [0.1, 0.15) is 25.0 Å². The van der Waals surface area contributed by atoms with E-state index in [0.29, 0.717) is 17.5 Å². The third-order valence-electron chi connectivity index (χ3n) is 11.7. The minimum atomic E-state index is -0.0848. The Labute approximate surface area is 337 Å². The van der Waals surface area contributed by atoms with Crippen LogP contribution >= 0.6 is 0 Å². The van der Waals surface area contributed by atoms with Crippen LogP contribution in [0.15, 0.2) is 192 Å². The molecule has 58 heavy (non-hydrogen) atoms. The molecule has 0 bridgehead atoms. The van der Waals surface area contributed by atoms with E-state index in [0.717, 1.165) is 55.3 Å². The molecule has 0 radical (unpaired) electrons. The summed E-state index contributed by atoms with van der Waals surface area (Å²) in [5, 5.41) is 1.99. The molecule has 0 aliphatic heterocycles. The number of aromatic nitrogens is 3. The number of benzene rings is 8. The highest BCUT2D eigenvalue weighted by Crippen LogP contribution is 2.49. The summed E-state index contributed by atoms with van der Waals surface area (Å²) < 4.78 is 6.49. The smallest absolute Gasteiger partial charge is 0.164 e. The van der Waals surface area contributed by atoms with E-state index in [2.05, 4.69) is 153 Å². The second kappa shape index (κ2) is 13.4. The van der Waals surface area contributed by atoms with E-state index in [1.165, 1.54) is 38.9 Å². The number of nitrogens with zero attached hydrogens (tertiary/aromatic N) is 3. The zero-order valence-electron chi connectivity index (χ0n) is 32.1. The van der Waals surface area contributed by atoms with Gasteiger partial charge in [-0.2, -0.15) is 0 Å². The molecule has 1 aliphatic carbocycles. The highest BCUT2D eigenvalue weighted by molar-refractivity contribution is 6.12. The molecule has 0 saturated heterocycles. The second-order valence-corrected chi connectivity index (χ2v) is 15.6. The van der Waals surface area contributed by atoms with Gasteiger partial charge in [0, 0.05) is 32.9 Å². The summed E-state index contributed by atoms with van der Waals surface area (Å²) in [6.07, 6.45) is 0. The molecule has 0 unspecified atom stereocenters. The van der Waals surface area contributed by atoms with E-state index in [9.17, 15) is 0 Å². The fourth-order valence-electron chi connectivity index (χ4n) is 8.77. The fourth-order valence-corrected chi connectivity index (χ4v) is 8.77. The third kappa shape index (κ3) is 5.64. The van der Waals surface area contributed by atoms with Crippen LogP contribution in [-0.4, -0.2) is 15.0 Å². The normalized spacial score (nSPS) is 12.8. The molecule has 11 rings (SSSR count). The van der Waals surface area contributed by atoms with Gasteiger partial charge in [-0.05, 0) is 92.0 Å². The van der Waals surface area contributed by atoms with Gasteiger partial charge < -0.3 is 4.42 Å². The van der Waals surface area contributed by atoms with E-state index in [1.807, 2.05) is 48.5 Å². The molecule has 0 N–H and O–H groups in total. The Kier molecular flexibility index (Phi) is 7.80. The van der Waals surface area contributed by atoms with E-state index in [-0.39, 0.29) is 5.41 Å². The van der Waals surface area contributed by atoms with Crippen LogP contribution in [0.2, 0.25) is 0 Å². The minimum absolute atomic E-state index is 0.0848. The Balaban J connectivity index is 1.04. The van der Waals surface area contributed by atoms with Gasteiger partial charge >= 0.3 is 0 Å². The summed E-state index contributed by atoms with van der Waals surface area (Å²) in [4.78, 5) is 15.5. The lowest BCUT2D eigenvalue weighted by Crippen LogP contribution is -2.14. The molecule has 8 aromatic carbocycles. The Morgan fingerprint density at radius 2 is 0.862 bits per heavy atom. The first-order valence-corrected chi connectivity index (χ1v) is 19.8. The average molecular weight is 744 g/mol. The van der Waals surface area contributed by atoms with Crippen molar-refractivity contribution in [3.8, 4) is 78.7 Å². The van der Waals surface area contributed by atoms with Gasteiger partial charge in [-0.25, -0.2) is 15.0 Å². The SMILES string of the molecule is CC1(C)c2ccccc2-c2ccc(-c3cccc(-c4nc(-c5ccccc5)nc(-c5cccc6oc7ccc(-c8cccc(-c9ccccc9)c8)cc7c56)n4)c3)cc21. The topological polar surface area (TPSA) is 51.8 Å². The van der Waals surface area contributed by atoms with Crippen LogP contribution in [0.3, 0.4) is 0 Å². The van der Waals surface area contributed by atoms with E-state index in [1.54, 1.807) is 0 Å². The van der Waals surface area contributed by atoms with E-state index >= 15 is 0 Å². The van der Waals surface area contributed by atoms with Crippen molar-refractivity contribution < 1.29 is 4.42 Å². The summed E-state index contributed by atoms with van der Waals surface area (Å²) in [5.74, 6) is 1.82. The van der Waals surface area contributed by atoms with Gasteiger partial charge in [-0.3, -0.25) is 0 Å². The number of furan rings is 1. The average Bonchev–Trinajstić information content (AvgIpc) is 3.78. The molecule has 4 nitrogen and oxygen atoms in total. The molecule has 4 heteroatoms. The van der Waals surface area contributed by atoms with Crippen LogP contribution in [0.25, 0.3) is 101 Å². The Morgan fingerprint density at radius 1 is 0.345 bits per heavy atom. The number of hydrogen-bond donors (Lipinski definition) is 0.